The molecule has 88 valence electrons. The molecule has 1 aliphatic rings. The Labute approximate surface area is 90.0 Å². The molecule has 5 nitrogen and oxygen atoms in total. The summed E-state index contributed by atoms with van der Waals surface area (Å²) >= 11 is 0. The Kier molecular flexibility index (Phi) is 5.60. The van der Waals surface area contributed by atoms with Crippen molar-refractivity contribution in [2.24, 2.45) is 0 Å². The van der Waals surface area contributed by atoms with Gasteiger partial charge in [-0.3, -0.25) is 9.69 Å². The molecule has 0 saturated carbocycles. The Morgan fingerprint density at radius 1 is 1.67 bits per heavy atom. The zero-order valence-corrected chi connectivity index (χ0v) is 9.15. The normalized spacial score (nSPS) is 22.7. The van der Waals surface area contributed by atoms with E-state index in [2.05, 4.69) is 9.64 Å². The van der Waals surface area contributed by atoms with Crippen LogP contribution >= 0.6 is 0 Å². The number of ether oxygens (including phenoxy) is 2. The van der Waals surface area contributed by atoms with Crippen molar-refractivity contribution in [3.8, 4) is 0 Å². The molecule has 1 atom stereocenters. The smallest absolute Gasteiger partial charge is 0.308 e. The van der Waals surface area contributed by atoms with E-state index in [9.17, 15) is 4.79 Å². The van der Waals surface area contributed by atoms with E-state index in [0.29, 0.717) is 13.0 Å². The second-order valence-corrected chi connectivity index (χ2v) is 3.65. The number of rotatable bonds is 5. The molecule has 0 aromatic rings. The van der Waals surface area contributed by atoms with Crippen molar-refractivity contribution in [1.29, 1.82) is 0 Å². The van der Waals surface area contributed by atoms with Crippen molar-refractivity contribution in [1.82, 2.24) is 4.90 Å². The van der Waals surface area contributed by atoms with Crippen molar-refractivity contribution in [2.75, 3.05) is 40.0 Å². The first kappa shape index (κ1) is 12.4. The molecule has 1 unspecified atom stereocenters. The summed E-state index contributed by atoms with van der Waals surface area (Å²) in [6.07, 6.45) is 1.02. The predicted molar refractivity (Wildman–Crippen MR) is 54.5 cm³/mol. The monoisotopic (exact) mass is 217 g/mol. The summed E-state index contributed by atoms with van der Waals surface area (Å²) in [5.74, 6) is -0.232. The van der Waals surface area contributed by atoms with Gasteiger partial charge in [0.05, 0.1) is 26.2 Å². The minimum Gasteiger partial charge on any atom is -0.469 e. The first-order chi connectivity index (χ1) is 7.26. The number of methoxy groups -OCH3 is 1. The fourth-order valence-corrected chi connectivity index (χ4v) is 1.67. The standard InChI is InChI=1S/C10H19NO4/c1-14-10(13)7-9-8-11(3-2-5-12)4-6-15-9/h9,12H,2-8H2,1H3. The average molecular weight is 217 g/mol. The molecule has 1 heterocycles. The highest BCUT2D eigenvalue weighted by Crippen LogP contribution is 2.09. The Hall–Kier alpha value is -0.650. The molecular weight excluding hydrogens is 198 g/mol. The van der Waals surface area contributed by atoms with Crippen molar-refractivity contribution in [3.05, 3.63) is 0 Å². The minimum absolute atomic E-state index is 0.0649. The van der Waals surface area contributed by atoms with Crippen molar-refractivity contribution < 1.29 is 19.4 Å². The summed E-state index contributed by atoms with van der Waals surface area (Å²) in [6.45, 7) is 3.33. The third-order valence-electron chi connectivity index (χ3n) is 2.48. The number of esters is 1. The number of carbonyl (C=O) groups excluding carboxylic acids is 1. The van der Waals surface area contributed by atoms with Gasteiger partial charge in [-0.2, -0.15) is 0 Å². The van der Waals surface area contributed by atoms with Crippen LogP contribution < -0.4 is 0 Å². The van der Waals surface area contributed by atoms with Crippen LogP contribution in [0.3, 0.4) is 0 Å². The second-order valence-electron chi connectivity index (χ2n) is 3.65. The Morgan fingerprint density at radius 3 is 3.13 bits per heavy atom. The number of carbonyl (C=O) groups is 1. The van der Waals surface area contributed by atoms with Crippen LogP contribution in [0.15, 0.2) is 0 Å². The number of aliphatic hydroxyl groups is 1. The minimum atomic E-state index is -0.232. The predicted octanol–water partition coefficient (Wildman–Crippen LogP) is -0.367. The van der Waals surface area contributed by atoms with E-state index in [1.54, 1.807) is 0 Å². The summed E-state index contributed by atoms with van der Waals surface area (Å²) in [6, 6.07) is 0. The Balaban J connectivity index is 2.25. The molecule has 0 aromatic heterocycles. The van der Waals surface area contributed by atoms with Gasteiger partial charge in [0, 0.05) is 26.2 Å². The van der Waals surface area contributed by atoms with Gasteiger partial charge in [0.2, 0.25) is 0 Å². The molecule has 1 saturated heterocycles. The maximum Gasteiger partial charge on any atom is 0.308 e. The van der Waals surface area contributed by atoms with E-state index in [1.807, 2.05) is 0 Å². The second kappa shape index (κ2) is 6.76. The van der Waals surface area contributed by atoms with Crippen LogP contribution in [0.5, 0.6) is 0 Å². The molecule has 1 rings (SSSR count). The third-order valence-corrected chi connectivity index (χ3v) is 2.48. The molecule has 1 aliphatic heterocycles. The van der Waals surface area contributed by atoms with Crippen molar-refractivity contribution in [2.45, 2.75) is 18.9 Å². The van der Waals surface area contributed by atoms with Gasteiger partial charge in [-0.25, -0.2) is 0 Å². The summed E-state index contributed by atoms with van der Waals surface area (Å²) in [5.41, 5.74) is 0. The van der Waals surface area contributed by atoms with Gasteiger partial charge in [0.1, 0.15) is 0 Å². The number of nitrogens with zero attached hydrogens (tertiary/aromatic N) is 1. The lowest BCUT2D eigenvalue weighted by molar-refractivity contribution is -0.145. The highest BCUT2D eigenvalue weighted by molar-refractivity contribution is 5.69. The van der Waals surface area contributed by atoms with Gasteiger partial charge >= 0.3 is 5.97 Å². The maximum absolute atomic E-state index is 11.0. The third kappa shape index (κ3) is 4.59. The quantitative estimate of drug-likeness (QED) is 0.637. The van der Waals surface area contributed by atoms with Crippen molar-refractivity contribution in [3.63, 3.8) is 0 Å². The van der Waals surface area contributed by atoms with Gasteiger partial charge in [0.25, 0.3) is 0 Å². The van der Waals surface area contributed by atoms with Crippen LogP contribution in [0.25, 0.3) is 0 Å². The molecule has 1 N–H and O–H groups in total. The highest BCUT2D eigenvalue weighted by Gasteiger charge is 2.22. The fraction of sp³-hybridized carbons (Fsp3) is 0.900. The molecule has 0 aliphatic carbocycles. The SMILES string of the molecule is COC(=O)CC1CN(CCCO)CCO1. The molecule has 0 amide bonds. The maximum atomic E-state index is 11.0. The first-order valence-corrected chi connectivity index (χ1v) is 5.28. The molecule has 5 heteroatoms. The van der Waals surface area contributed by atoms with Gasteiger partial charge in [-0.1, -0.05) is 0 Å². The molecular formula is C10H19NO4. The van der Waals surface area contributed by atoms with Crippen LogP contribution in [0, 0.1) is 0 Å². The average Bonchev–Trinajstić information content (AvgIpc) is 2.26. The lowest BCUT2D eigenvalue weighted by Gasteiger charge is -2.32. The van der Waals surface area contributed by atoms with Crippen molar-refractivity contribution >= 4 is 5.97 Å². The molecule has 0 radical (unpaired) electrons. The highest BCUT2D eigenvalue weighted by atomic mass is 16.5. The molecule has 15 heavy (non-hydrogen) atoms. The van der Waals surface area contributed by atoms with Crippen LogP contribution in [-0.2, 0) is 14.3 Å². The Morgan fingerprint density at radius 2 is 2.47 bits per heavy atom. The van der Waals surface area contributed by atoms with Gasteiger partial charge < -0.3 is 14.6 Å². The van der Waals surface area contributed by atoms with E-state index in [-0.39, 0.29) is 18.7 Å². The summed E-state index contributed by atoms with van der Waals surface area (Å²) < 4.78 is 10.0. The van der Waals surface area contributed by atoms with E-state index >= 15 is 0 Å². The number of hydrogen-bond donors (Lipinski definition) is 1. The van der Waals surface area contributed by atoms with E-state index in [1.165, 1.54) is 7.11 Å². The summed E-state index contributed by atoms with van der Waals surface area (Å²) in [7, 11) is 1.38. The van der Waals surface area contributed by atoms with Gasteiger partial charge in [-0.15, -0.1) is 0 Å². The molecule has 0 bridgehead atoms. The van der Waals surface area contributed by atoms with E-state index in [0.717, 1.165) is 26.1 Å². The fourth-order valence-electron chi connectivity index (χ4n) is 1.67. The lowest BCUT2D eigenvalue weighted by Crippen LogP contribution is -2.43. The largest absolute Gasteiger partial charge is 0.469 e. The lowest BCUT2D eigenvalue weighted by atomic mass is 10.2. The van der Waals surface area contributed by atoms with E-state index < -0.39 is 0 Å². The van der Waals surface area contributed by atoms with Crippen LogP contribution in [0.2, 0.25) is 0 Å². The number of morpholine rings is 1. The zero-order valence-electron chi connectivity index (χ0n) is 9.15. The zero-order chi connectivity index (χ0) is 11.1. The molecule has 1 fully saturated rings. The van der Waals surface area contributed by atoms with Crippen LogP contribution in [0.1, 0.15) is 12.8 Å². The topological polar surface area (TPSA) is 59.0 Å². The first-order valence-electron chi connectivity index (χ1n) is 5.28. The van der Waals surface area contributed by atoms with Gasteiger partial charge in [-0.05, 0) is 6.42 Å². The summed E-state index contributed by atoms with van der Waals surface area (Å²) in [4.78, 5) is 13.2. The van der Waals surface area contributed by atoms with Crippen LogP contribution in [0.4, 0.5) is 0 Å². The van der Waals surface area contributed by atoms with Crippen LogP contribution in [-0.4, -0.2) is 62.0 Å². The molecule has 0 aromatic carbocycles. The number of aliphatic hydroxyl groups excluding tert-OH is 1. The summed E-state index contributed by atoms with van der Waals surface area (Å²) in [5, 5.41) is 8.71. The number of hydrogen-bond acceptors (Lipinski definition) is 5. The van der Waals surface area contributed by atoms with E-state index in [4.69, 9.17) is 9.84 Å². The molecule has 0 spiro atoms. The van der Waals surface area contributed by atoms with Gasteiger partial charge in [0.15, 0.2) is 0 Å². The Bertz CT molecular complexity index is 198.